The number of hydrogen-bond acceptors (Lipinski definition) is 4. The Morgan fingerprint density at radius 2 is 2.00 bits per heavy atom. The molecule has 108 valence electrons. The van der Waals surface area contributed by atoms with Gasteiger partial charge in [-0.3, -0.25) is 4.79 Å². The van der Waals surface area contributed by atoms with Crippen molar-refractivity contribution in [3.63, 3.8) is 0 Å². The summed E-state index contributed by atoms with van der Waals surface area (Å²) in [4.78, 5) is 22.2. The molecule has 0 radical (unpaired) electrons. The maximum Gasteiger partial charge on any atom is 0.210 e. The Bertz CT molecular complexity index is 453. The van der Waals surface area contributed by atoms with Gasteiger partial charge in [0, 0.05) is 38.9 Å². The number of nitrogens with zero attached hydrogens (tertiary/aromatic N) is 4. The summed E-state index contributed by atoms with van der Waals surface area (Å²) in [6.07, 6.45) is 5.05. The zero-order valence-electron chi connectivity index (χ0n) is 12.0. The number of amides is 1. The molecular weight excluding hydrogens is 252 g/mol. The van der Waals surface area contributed by atoms with Crippen molar-refractivity contribution in [2.45, 2.75) is 18.9 Å². The van der Waals surface area contributed by atoms with Crippen molar-refractivity contribution in [1.29, 1.82) is 0 Å². The molecule has 1 aromatic heterocycles. The van der Waals surface area contributed by atoms with E-state index >= 15 is 0 Å². The van der Waals surface area contributed by atoms with Crippen molar-refractivity contribution in [3.05, 3.63) is 23.9 Å². The molecule has 0 saturated carbocycles. The predicted octanol–water partition coefficient (Wildman–Crippen LogP) is 1.13. The number of piperazine rings is 1. The maximum absolute atomic E-state index is 11.0. The zero-order chi connectivity index (χ0) is 13.9. The van der Waals surface area contributed by atoms with Crippen LogP contribution in [0.5, 0.6) is 0 Å². The van der Waals surface area contributed by atoms with Gasteiger partial charge in [-0.1, -0.05) is 6.07 Å². The van der Waals surface area contributed by atoms with Crippen molar-refractivity contribution < 1.29 is 4.79 Å². The van der Waals surface area contributed by atoms with Crippen LogP contribution in [0.1, 0.15) is 24.4 Å². The van der Waals surface area contributed by atoms with Crippen molar-refractivity contribution in [3.8, 4) is 0 Å². The van der Waals surface area contributed by atoms with Crippen LogP contribution in [0.3, 0.4) is 0 Å². The topological polar surface area (TPSA) is 39.7 Å². The Labute approximate surface area is 120 Å². The molecule has 0 unspecified atom stereocenters. The molecule has 2 aliphatic heterocycles. The number of anilines is 1. The summed E-state index contributed by atoms with van der Waals surface area (Å²) in [6, 6.07) is 4.45. The second-order valence-electron chi connectivity index (χ2n) is 5.74. The molecule has 0 bridgehead atoms. The number of rotatable bonds is 3. The molecule has 0 aromatic carbocycles. The van der Waals surface area contributed by atoms with Gasteiger partial charge in [-0.2, -0.15) is 0 Å². The summed E-state index contributed by atoms with van der Waals surface area (Å²) in [5.41, 5.74) is 1.16. The van der Waals surface area contributed by atoms with Crippen LogP contribution in [0.2, 0.25) is 0 Å². The SMILES string of the molecule is CN1CCN(c2ccc([C@@H]3CCCN3C=O)cn2)CC1. The van der Waals surface area contributed by atoms with Gasteiger partial charge in [0.1, 0.15) is 5.82 Å². The van der Waals surface area contributed by atoms with Gasteiger partial charge in [-0.25, -0.2) is 4.98 Å². The Morgan fingerprint density at radius 1 is 1.20 bits per heavy atom. The first-order valence-electron chi connectivity index (χ1n) is 7.38. The van der Waals surface area contributed by atoms with Crippen LogP contribution >= 0.6 is 0 Å². The minimum absolute atomic E-state index is 0.224. The van der Waals surface area contributed by atoms with Gasteiger partial charge in [0.05, 0.1) is 6.04 Å². The number of likely N-dealkylation sites (tertiary alicyclic amines) is 1. The standard InChI is InChI=1S/C15H22N4O/c1-17-7-9-18(10-8-17)15-5-4-13(11-16-15)14-3-2-6-19(14)12-20/h4-5,11-12,14H,2-3,6-10H2,1H3/t14-/m0/s1. The molecule has 3 heterocycles. The molecule has 0 spiro atoms. The molecular formula is C15H22N4O. The van der Waals surface area contributed by atoms with Crippen LogP contribution in [0.4, 0.5) is 5.82 Å². The predicted molar refractivity (Wildman–Crippen MR) is 78.7 cm³/mol. The average Bonchev–Trinajstić information content (AvgIpc) is 2.97. The number of carbonyl (C=O) groups is 1. The number of aromatic nitrogens is 1. The zero-order valence-corrected chi connectivity index (χ0v) is 12.0. The monoisotopic (exact) mass is 274 g/mol. The lowest BCUT2D eigenvalue weighted by Crippen LogP contribution is -2.44. The first-order valence-corrected chi connectivity index (χ1v) is 7.38. The summed E-state index contributed by atoms with van der Waals surface area (Å²) in [6.45, 7) is 5.11. The van der Waals surface area contributed by atoms with Crippen LogP contribution in [-0.4, -0.2) is 61.0 Å². The van der Waals surface area contributed by atoms with Gasteiger partial charge in [0.25, 0.3) is 0 Å². The highest BCUT2D eigenvalue weighted by atomic mass is 16.1. The van der Waals surface area contributed by atoms with Gasteiger partial charge < -0.3 is 14.7 Å². The van der Waals surface area contributed by atoms with Crippen molar-refractivity contribution >= 4 is 12.2 Å². The van der Waals surface area contributed by atoms with Gasteiger partial charge in [-0.15, -0.1) is 0 Å². The van der Waals surface area contributed by atoms with E-state index in [0.717, 1.165) is 63.4 Å². The Morgan fingerprint density at radius 3 is 2.65 bits per heavy atom. The van der Waals surface area contributed by atoms with Crippen molar-refractivity contribution in [2.75, 3.05) is 44.7 Å². The summed E-state index contributed by atoms with van der Waals surface area (Å²) in [5, 5.41) is 0. The lowest BCUT2D eigenvalue weighted by atomic mass is 10.1. The molecule has 0 N–H and O–H groups in total. The van der Waals surface area contributed by atoms with E-state index in [2.05, 4.69) is 34.0 Å². The first-order chi connectivity index (χ1) is 9.78. The third kappa shape index (κ3) is 2.63. The third-order valence-corrected chi connectivity index (χ3v) is 4.41. The van der Waals surface area contributed by atoms with Gasteiger partial charge in [-0.05, 0) is 31.5 Å². The third-order valence-electron chi connectivity index (χ3n) is 4.41. The lowest BCUT2D eigenvalue weighted by Gasteiger charge is -2.33. The molecule has 1 amide bonds. The molecule has 1 atom stereocenters. The van der Waals surface area contributed by atoms with Crippen molar-refractivity contribution in [1.82, 2.24) is 14.8 Å². The molecule has 5 heteroatoms. The molecule has 0 aliphatic carbocycles. The fourth-order valence-corrected chi connectivity index (χ4v) is 3.09. The number of pyridine rings is 1. The first kappa shape index (κ1) is 13.4. The van der Waals surface area contributed by atoms with Crippen LogP contribution < -0.4 is 4.90 Å². The molecule has 1 aromatic rings. The van der Waals surface area contributed by atoms with E-state index in [0.29, 0.717) is 0 Å². The Hall–Kier alpha value is -1.62. The van der Waals surface area contributed by atoms with Gasteiger partial charge >= 0.3 is 0 Å². The average molecular weight is 274 g/mol. The Balaban J connectivity index is 1.69. The van der Waals surface area contributed by atoms with Crippen molar-refractivity contribution in [2.24, 2.45) is 0 Å². The molecule has 2 aliphatic rings. The summed E-state index contributed by atoms with van der Waals surface area (Å²) >= 11 is 0. The van der Waals surface area contributed by atoms with Gasteiger partial charge in [0.2, 0.25) is 6.41 Å². The minimum Gasteiger partial charge on any atom is -0.354 e. The van der Waals surface area contributed by atoms with Crippen LogP contribution in [0.15, 0.2) is 18.3 Å². The highest BCUT2D eigenvalue weighted by molar-refractivity contribution is 5.50. The van der Waals surface area contributed by atoms with E-state index < -0.39 is 0 Å². The largest absolute Gasteiger partial charge is 0.354 e. The fraction of sp³-hybridized carbons (Fsp3) is 0.600. The number of carbonyl (C=O) groups excluding carboxylic acids is 1. The Kier molecular flexibility index (Phi) is 3.87. The molecule has 5 nitrogen and oxygen atoms in total. The number of hydrogen-bond donors (Lipinski definition) is 0. The van der Waals surface area contributed by atoms with Crippen LogP contribution in [0.25, 0.3) is 0 Å². The molecule has 3 rings (SSSR count). The number of likely N-dealkylation sites (N-methyl/N-ethyl adjacent to an activating group) is 1. The van der Waals surface area contributed by atoms with E-state index in [4.69, 9.17) is 0 Å². The molecule has 2 fully saturated rings. The van der Waals surface area contributed by atoms with E-state index in [1.165, 1.54) is 0 Å². The summed E-state index contributed by atoms with van der Waals surface area (Å²) < 4.78 is 0. The van der Waals surface area contributed by atoms with E-state index in [1.807, 2.05) is 11.1 Å². The fourth-order valence-electron chi connectivity index (χ4n) is 3.09. The summed E-state index contributed by atoms with van der Waals surface area (Å²) in [5.74, 6) is 1.05. The molecule has 2 saturated heterocycles. The second kappa shape index (κ2) is 5.79. The maximum atomic E-state index is 11.0. The van der Waals surface area contributed by atoms with E-state index in [1.54, 1.807) is 0 Å². The van der Waals surface area contributed by atoms with Crippen LogP contribution in [-0.2, 0) is 4.79 Å². The normalized spacial score (nSPS) is 24.1. The molecule has 20 heavy (non-hydrogen) atoms. The van der Waals surface area contributed by atoms with E-state index in [9.17, 15) is 4.79 Å². The highest BCUT2D eigenvalue weighted by Crippen LogP contribution is 2.30. The minimum atomic E-state index is 0.224. The summed E-state index contributed by atoms with van der Waals surface area (Å²) in [7, 11) is 2.15. The quantitative estimate of drug-likeness (QED) is 0.775. The van der Waals surface area contributed by atoms with Gasteiger partial charge in [0.15, 0.2) is 0 Å². The van der Waals surface area contributed by atoms with Crippen LogP contribution in [0, 0.1) is 0 Å². The smallest absolute Gasteiger partial charge is 0.210 e. The lowest BCUT2D eigenvalue weighted by molar-refractivity contribution is -0.118. The van der Waals surface area contributed by atoms with E-state index in [-0.39, 0.29) is 6.04 Å². The highest BCUT2D eigenvalue weighted by Gasteiger charge is 2.25. The second-order valence-corrected chi connectivity index (χ2v) is 5.74.